The van der Waals surface area contributed by atoms with Crippen LogP contribution in [0.1, 0.15) is 25.3 Å². The molecular formula is C12H14Cl2N. The lowest BCUT2D eigenvalue weighted by Gasteiger charge is -2.27. The zero-order valence-corrected chi connectivity index (χ0v) is 10.2. The van der Waals surface area contributed by atoms with E-state index in [2.05, 4.69) is 13.8 Å². The van der Waals surface area contributed by atoms with Gasteiger partial charge in [0.1, 0.15) is 0 Å². The second-order valence-electron chi connectivity index (χ2n) is 3.85. The van der Waals surface area contributed by atoms with Crippen molar-refractivity contribution >= 4 is 29.4 Å². The van der Waals surface area contributed by atoms with Crippen molar-refractivity contribution in [1.29, 1.82) is 5.41 Å². The summed E-state index contributed by atoms with van der Waals surface area (Å²) >= 11 is 11.8. The first-order valence-electron chi connectivity index (χ1n) is 4.77. The van der Waals surface area contributed by atoms with Crippen molar-refractivity contribution in [2.24, 2.45) is 0 Å². The van der Waals surface area contributed by atoms with Gasteiger partial charge in [0.25, 0.3) is 0 Å². The third kappa shape index (κ3) is 2.73. The summed E-state index contributed by atoms with van der Waals surface area (Å²) in [4.78, 5) is 0. The van der Waals surface area contributed by atoms with Gasteiger partial charge in [-0.2, -0.15) is 0 Å². The van der Waals surface area contributed by atoms with E-state index >= 15 is 0 Å². The third-order valence-corrected chi connectivity index (χ3v) is 3.46. The molecule has 0 spiro atoms. The molecule has 0 saturated carbocycles. The Morgan fingerprint density at radius 1 is 1.40 bits per heavy atom. The lowest BCUT2D eigenvalue weighted by Crippen LogP contribution is -2.21. The van der Waals surface area contributed by atoms with Crippen LogP contribution in [0.15, 0.2) is 18.2 Å². The Kier molecular flexibility index (Phi) is 4.18. The zero-order chi connectivity index (χ0) is 11.5. The largest absolute Gasteiger partial charge is 0.313 e. The summed E-state index contributed by atoms with van der Waals surface area (Å²) in [5, 5.41) is 8.31. The molecule has 1 N–H and O–H groups in total. The van der Waals surface area contributed by atoms with Gasteiger partial charge in [-0.3, -0.25) is 0 Å². The monoisotopic (exact) mass is 242 g/mol. The van der Waals surface area contributed by atoms with E-state index in [1.807, 2.05) is 12.1 Å². The first-order valence-corrected chi connectivity index (χ1v) is 5.53. The van der Waals surface area contributed by atoms with Gasteiger partial charge >= 0.3 is 0 Å². The zero-order valence-electron chi connectivity index (χ0n) is 8.69. The predicted octanol–water partition coefficient (Wildman–Crippen LogP) is 4.51. The quantitative estimate of drug-likeness (QED) is 0.752. The van der Waals surface area contributed by atoms with Crippen molar-refractivity contribution in [3.8, 4) is 0 Å². The molecule has 1 rings (SSSR count). The van der Waals surface area contributed by atoms with Crippen LogP contribution in [0.2, 0.25) is 10.0 Å². The maximum Gasteiger partial charge on any atom is 0.0595 e. The van der Waals surface area contributed by atoms with E-state index in [1.54, 1.807) is 6.07 Å². The Morgan fingerprint density at radius 3 is 2.53 bits per heavy atom. The van der Waals surface area contributed by atoms with Crippen LogP contribution >= 0.6 is 23.2 Å². The highest BCUT2D eigenvalue weighted by Crippen LogP contribution is 2.34. The van der Waals surface area contributed by atoms with Gasteiger partial charge in [0, 0.05) is 0 Å². The Hall–Kier alpha value is -0.530. The minimum absolute atomic E-state index is 0.129. The maximum atomic E-state index is 7.20. The highest BCUT2D eigenvalue weighted by molar-refractivity contribution is 6.42. The predicted molar refractivity (Wildman–Crippen MR) is 67.2 cm³/mol. The topological polar surface area (TPSA) is 23.9 Å². The molecule has 0 amide bonds. The molecule has 1 aromatic rings. The summed E-state index contributed by atoms with van der Waals surface area (Å²) in [6, 6.07) is 5.60. The average molecular weight is 243 g/mol. The van der Waals surface area contributed by atoms with E-state index < -0.39 is 0 Å². The van der Waals surface area contributed by atoms with Gasteiger partial charge < -0.3 is 5.41 Å². The lowest BCUT2D eigenvalue weighted by molar-refractivity contribution is 0.500. The van der Waals surface area contributed by atoms with Gasteiger partial charge in [0.2, 0.25) is 0 Å². The smallest absolute Gasteiger partial charge is 0.0595 e. The molecule has 3 heteroatoms. The fourth-order valence-corrected chi connectivity index (χ4v) is 1.76. The Balaban J connectivity index is 3.12. The third-order valence-electron chi connectivity index (χ3n) is 2.72. The number of hydrogen-bond donors (Lipinski definition) is 1. The number of rotatable bonds is 4. The van der Waals surface area contributed by atoms with Crippen molar-refractivity contribution in [3.05, 3.63) is 40.7 Å². The van der Waals surface area contributed by atoms with Crippen molar-refractivity contribution in [2.45, 2.75) is 25.2 Å². The molecule has 81 valence electrons. The van der Waals surface area contributed by atoms with Gasteiger partial charge in [0.05, 0.1) is 10.0 Å². The van der Waals surface area contributed by atoms with Crippen molar-refractivity contribution in [2.75, 3.05) is 0 Å². The molecular weight excluding hydrogens is 229 g/mol. The first kappa shape index (κ1) is 12.5. The second kappa shape index (κ2) is 5.00. The molecule has 0 aromatic heterocycles. The van der Waals surface area contributed by atoms with E-state index in [0.717, 1.165) is 12.0 Å². The fourth-order valence-electron chi connectivity index (χ4n) is 1.46. The molecule has 1 aromatic carbocycles. The first-order chi connectivity index (χ1) is 7.03. The lowest BCUT2D eigenvalue weighted by atomic mass is 9.78. The van der Waals surface area contributed by atoms with E-state index in [1.165, 1.54) is 6.21 Å². The molecule has 0 bridgehead atoms. The summed E-state index contributed by atoms with van der Waals surface area (Å²) in [5.74, 6) is 0. The standard InChI is InChI=1S/C12H14Cl2N/c1-3-12(2,6-7-15)9-4-5-10(13)11(14)8-9/h4-5,7-8,15H,1,3,6H2,2H3. The molecule has 1 atom stereocenters. The molecule has 1 nitrogen and oxygen atoms in total. The highest BCUT2D eigenvalue weighted by Gasteiger charge is 2.23. The molecule has 0 aliphatic heterocycles. The minimum Gasteiger partial charge on any atom is -0.313 e. The van der Waals surface area contributed by atoms with Gasteiger partial charge in [-0.15, -0.1) is 0 Å². The summed E-state index contributed by atoms with van der Waals surface area (Å²) in [5.41, 5.74) is 0.950. The van der Waals surface area contributed by atoms with Crippen molar-refractivity contribution in [1.82, 2.24) is 0 Å². The normalized spacial score (nSPS) is 14.7. The average Bonchev–Trinajstić information content (AvgIpc) is 2.22. The van der Waals surface area contributed by atoms with Crippen LogP contribution in [0.4, 0.5) is 0 Å². The summed E-state index contributed by atoms with van der Waals surface area (Å²) < 4.78 is 0. The van der Waals surface area contributed by atoms with Crippen LogP contribution in [-0.2, 0) is 5.41 Å². The Bertz CT molecular complexity index is 363. The molecule has 0 fully saturated rings. The SMILES string of the molecule is [CH2]CC(C)(CC=N)c1ccc(Cl)c(Cl)c1. The van der Waals surface area contributed by atoms with Crippen LogP contribution in [0, 0.1) is 12.3 Å². The van der Waals surface area contributed by atoms with Gasteiger partial charge in [-0.1, -0.05) is 43.1 Å². The molecule has 15 heavy (non-hydrogen) atoms. The van der Waals surface area contributed by atoms with Crippen LogP contribution < -0.4 is 0 Å². The number of hydrogen-bond acceptors (Lipinski definition) is 1. The Labute approximate surface area is 101 Å². The minimum atomic E-state index is -0.129. The van der Waals surface area contributed by atoms with Gasteiger partial charge in [0.15, 0.2) is 0 Å². The molecule has 1 unspecified atom stereocenters. The molecule has 0 saturated heterocycles. The maximum absolute atomic E-state index is 7.20. The number of nitrogens with one attached hydrogen (secondary N) is 1. The van der Waals surface area contributed by atoms with Crippen molar-refractivity contribution in [3.63, 3.8) is 0 Å². The molecule has 0 heterocycles. The molecule has 1 radical (unpaired) electrons. The van der Waals surface area contributed by atoms with E-state index in [4.69, 9.17) is 28.6 Å². The number of halogens is 2. The highest BCUT2D eigenvalue weighted by atomic mass is 35.5. The second-order valence-corrected chi connectivity index (χ2v) is 4.66. The van der Waals surface area contributed by atoms with Gasteiger partial charge in [-0.25, -0.2) is 0 Å². The van der Waals surface area contributed by atoms with Crippen LogP contribution in [0.5, 0.6) is 0 Å². The van der Waals surface area contributed by atoms with Crippen LogP contribution in [0.25, 0.3) is 0 Å². The summed E-state index contributed by atoms with van der Waals surface area (Å²) in [6.07, 6.45) is 2.79. The molecule has 0 aliphatic rings. The van der Waals surface area contributed by atoms with E-state index in [-0.39, 0.29) is 5.41 Å². The van der Waals surface area contributed by atoms with E-state index in [9.17, 15) is 0 Å². The van der Waals surface area contributed by atoms with Crippen LogP contribution in [0.3, 0.4) is 0 Å². The van der Waals surface area contributed by atoms with Crippen LogP contribution in [-0.4, -0.2) is 6.21 Å². The Morgan fingerprint density at radius 2 is 2.07 bits per heavy atom. The molecule has 0 aliphatic carbocycles. The van der Waals surface area contributed by atoms with Gasteiger partial charge in [-0.05, 0) is 42.2 Å². The van der Waals surface area contributed by atoms with Crippen molar-refractivity contribution < 1.29 is 0 Å². The number of benzene rings is 1. The summed E-state index contributed by atoms with van der Waals surface area (Å²) in [7, 11) is 0. The van der Waals surface area contributed by atoms with E-state index in [0.29, 0.717) is 16.5 Å². The fraction of sp³-hybridized carbons (Fsp3) is 0.333. The summed E-state index contributed by atoms with van der Waals surface area (Å²) in [6.45, 7) is 6.00.